The van der Waals surface area contributed by atoms with E-state index in [1.807, 2.05) is 24.3 Å². The molecule has 0 unspecified atom stereocenters. The molecule has 3 rings (SSSR count). The summed E-state index contributed by atoms with van der Waals surface area (Å²) in [6.45, 7) is 6.09. The van der Waals surface area contributed by atoms with E-state index in [0.29, 0.717) is 11.1 Å². The van der Waals surface area contributed by atoms with Crippen molar-refractivity contribution in [1.29, 1.82) is 0 Å². The molecule has 0 fully saturated rings. The van der Waals surface area contributed by atoms with Gasteiger partial charge in [-0.25, -0.2) is 4.39 Å². The van der Waals surface area contributed by atoms with E-state index in [1.165, 1.54) is 6.07 Å². The quantitative estimate of drug-likeness (QED) is 0.671. The molecule has 3 aromatic rings. The fourth-order valence-corrected chi connectivity index (χ4v) is 2.93. The molecule has 0 aliphatic carbocycles. The number of amides is 1. The molecule has 0 aliphatic rings. The van der Waals surface area contributed by atoms with Gasteiger partial charge in [-0.15, -0.1) is 0 Å². The van der Waals surface area contributed by atoms with Gasteiger partial charge in [0.25, 0.3) is 5.91 Å². The Morgan fingerprint density at radius 3 is 2.26 bits per heavy atom. The lowest BCUT2D eigenvalue weighted by molar-refractivity contribution is 0.102. The van der Waals surface area contributed by atoms with Crippen molar-refractivity contribution in [3.05, 3.63) is 78.2 Å². The maximum atomic E-state index is 13.8. The first-order valence-corrected chi connectivity index (χ1v) is 8.99. The number of rotatable bonds is 6. The highest BCUT2D eigenvalue weighted by atomic mass is 19.1. The third kappa shape index (κ3) is 4.31. The van der Waals surface area contributed by atoms with Crippen molar-refractivity contribution in [3.63, 3.8) is 0 Å². The highest BCUT2D eigenvalue weighted by molar-refractivity contribution is 6.04. The summed E-state index contributed by atoms with van der Waals surface area (Å²) >= 11 is 0. The van der Waals surface area contributed by atoms with Gasteiger partial charge in [-0.1, -0.05) is 12.1 Å². The third-order valence-corrected chi connectivity index (χ3v) is 4.43. The molecule has 1 heterocycles. The standard InChI is InChI=1S/C22H22FN3O/c1-3-26(4-2)19-13-11-18(12-14-19)25-22(27)17-9-7-16(8-10-17)21-20(23)6-5-15-24-21/h5-15H,3-4H2,1-2H3,(H,25,27). The van der Waals surface area contributed by atoms with Crippen molar-refractivity contribution in [2.75, 3.05) is 23.3 Å². The van der Waals surface area contributed by atoms with Crippen LogP contribution in [0.1, 0.15) is 24.2 Å². The lowest BCUT2D eigenvalue weighted by Crippen LogP contribution is -2.21. The fraction of sp³-hybridized carbons (Fsp3) is 0.182. The van der Waals surface area contributed by atoms with E-state index in [9.17, 15) is 9.18 Å². The zero-order valence-electron chi connectivity index (χ0n) is 15.4. The topological polar surface area (TPSA) is 45.2 Å². The molecule has 0 atom stereocenters. The normalized spacial score (nSPS) is 10.5. The Morgan fingerprint density at radius 2 is 1.67 bits per heavy atom. The Labute approximate surface area is 158 Å². The molecule has 0 bridgehead atoms. The molecule has 4 nitrogen and oxygen atoms in total. The van der Waals surface area contributed by atoms with E-state index in [-0.39, 0.29) is 17.4 Å². The zero-order valence-corrected chi connectivity index (χ0v) is 15.4. The fourth-order valence-electron chi connectivity index (χ4n) is 2.93. The first kappa shape index (κ1) is 18.6. The number of pyridine rings is 1. The second-order valence-corrected chi connectivity index (χ2v) is 6.08. The molecular weight excluding hydrogens is 341 g/mol. The number of nitrogens with one attached hydrogen (secondary N) is 1. The van der Waals surface area contributed by atoms with Crippen molar-refractivity contribution in [1.82, 2.24) is 4.98 Å². The number of carbonyl (C=O) groups is 1. The summed E-state index contributed by atoms with van der Waals surface area (Å²) < 4.78 is 13.8. The highest BCUT2D eigenvalue weighted by Crippen LogP contribution is 2.21. The molecular formula is C22H22FN3O. The van der Waals surface area contributed by atoms with Crippen LogP contribution in [0.4, 0.5) is 15.8 Å². The number of halogens is 1. The largest absolute Gasteiger partial charge is 0.372 e. The van der Waals surface area contributed by atoms with E-state index in [2.05, 4.69) is 29.0 Å². The van der Waals surface area contributed by atoms with Gasteiger partial charge in [0, 0.05) is 41.8 Å². The van der Waals surface area contributed by atoms with Crippen molar-refractivity contribution >= 4 is 17.3 Å². The summed E-state index contributed by atoms with van der Waals surface area (Å²) in [5.74, 6) is -0.596. The summed E-state index contributed by atoms with van der Waals surface area (Å²) in [5, 5.41) is 2.88. The number of carbonyl (C=O) groups excluding carboxylic acids is 1. The molecule has 5 heteroatoms. The average Bonchev–Trinajstić information content (AvgIpc) is 2.71. The third-order valence-electron chi connectivity index (χ3n) is 4.43. The van der Waals surface area contributed by atoms with Crippen LogP contribution >= 0.6 is 0 Å². The SMILES string of the molecule is CCN(CC)c1ccc(NC(=O)c2ccc(-c3ncccc3F)cc2)cc1. The van der Waals surface area contributed by atoms with E-state index < -0.39 is 0 Å². The molecule has 0 radical (unpaired) electrons. The zero-order chi connectivity index (χ0) is 19.2. The molecule has 0 spiro atoms. The Balaban J connectivity index is 1.70. The van der Waals surface area contributed by atoms with Crippen LogP contribution in [-0.2, 0) is 0 Å². The summed E-state index contributed by atoms with van der Waals surface area (Å²) in [6.07, 6.45) is 1.54. The molecule has 1 N–H and O–H groups in total. The van der Waals surface area contributed by atoms with Crippen molar-refractivity contribution in [2.24, 2.45) is 0 Å². The Hall–Kier alpha value is -3.21. The van der Waals surface area contributed by atoms with E-state index in [1.54, 1.807) is 36.5 Å². The van der Waals surface area contributed by atoms with Gasteiger partial charge >= 0.3 is 0 Å². The average molecular weight is 363 g/mol. The van der Waals surface area contributed by atoms with Gasteiger partial charge in [0.15, 0.2) is 0 Å². The van der Waals surface area contributed by atoms with Crippen molar-refractivity contribution in [3.8, 4) is 11.3 Å². The number of nitrogens with zero attached hydrogens (tertiary/aromatic N) is 2. The minimum Gasteiger partial charge on any atom is -0.372 e. The maximum Gasteiger partial charge on any atom is 0.255 e. The van der Waals surface area contributed by atoms with Crippen LogP contribution in [0, 0.1) is 5.82 Å². The summed E-state index contributed by atoms with van der Waals surface area (Å²) in [7, 11) is 0. The Kier molecular flexibility index (Phi) is 5.81. The van der Waals surface area contributed by atoms with Gasteiger partial charge in [-0.05, 0) is 62.4 Å². The lowest BCUT2D eigenvalue weighted by atomic mass is 10.1. The molecule has 1 aromatic heterocycles. The van der Waals surface area contributed by atoms with Crippen LogP contribution in [0.15, 0.2) is 66.9 Å². The first-order valence-electron chi connectivity index (χ1n) is 8.99. The Bertz CT molecular complexity index is 904. The van der Waals surface area contributed by atoms with Gasteiger partial charge in [-0.2, -0.15) is 0 Å². The minimum absolute atomic E-state index is 0.210. The van der Waals surface area contributed by atoms with Crippen LogP contribution in [0.25, 0.3) is 11.3 Å². The number of hydrogen-bond acceptors (Lipinski definition) is 3. The predicted molar refractivity (Wildman–Crippen MR) is 108 cm³/mol. The molecule has 1 amide bonds. The van der Waals surface area contributed by atoms with Crippen molar-refractivity contribution in [2.45, 2.75) is 13.8 Å². The Morgan fingerprint density at radius 1 is 1.00 bits per heavy atom. The number of hydrogen-bond donors (Lipinski definition) is 1. The predicted octanol–water partition coefficient (Wildman–Crippen LogP) is 4.99. The molecule has 0 saturated heterocycles. The van der Waals surface area contributed by atoms with E-state index in [4.69, 9.17) is 0 Å². The van der Waals surface area contributed by atoms with Crippen LogP contribution in [0.2, 0.25) is 0 Å². The van der Waals surface area contributed by atoms with Gasteiger partial charge in [0.05, 0.1) is 0 Å². The minimum atomic E-state index is -0.386. The number of anilines is 2. The van der Waals surface area contributed by atoms with Gasteiger partial charge in [-0.3, -0.25) is 9.78 Å². The smallest absolute Gasteiger partial charge is 0.255 e. The number of benzene rings is 2. The second kappa shape index (κ2) is 8.45. The van der Waals surface area contributed by atoms with Crippen LogP contribution < -0.4 is 10.2 Å². The lowest BCUT2D eigenvalue weighted by Gasteiger charge is -2.21. The van der Waals surface area contributed by atoms with Crippen LogP contribution in [0.3, 0.4) is 0 Å². The monoisotopic (exact) mass is 363 g/mol. The molecule has 2 aromatic carbocycles. The van der Waals surface area contributed by atoms with Crippen molar-refractivity contribution < 1.29 is 9.18 Å². The first-order chi connectivity index (χ1) is 13.1. The van der Waals surface area contributed by atoms with Gasteiger partial charge < -0.3 is 10.2 Å². The molecule has 138 valence electrons. The highest BCUT2D eigenvalue weighted by Gasteiger charge is 2.10. The molecule has 27 heavy (non-hydrogen) atoms. The van der Waals surface area contributed by atoms with Gasteiger partial charge in [0.1, 0.15) is 11.5 Å². The van der Waals surface area contributed by atoms with E-state index >= 15 is 0 Å². The van der Waals surface area contributed by atoms with E-state index in [0.717, 1.165) is 24.5 Å². The van der Waals surface area contributed by atoms with Crippen LogP contribution in [0.5, 0.6) is 0 Å². The van der Waals surface area contributed by atoms with Gasteiger partial charge in [0.2, 0.25) is 0 Å². The number of aromatic nitrogens is 1. The maximum absolute atomic E-state index is 13.8. The van der Waals surface area contributed by atoms with Crippen LogP contribution in [-0.4, -0.2) is 24.0 Å². The summed E-state index contributed by atoms with van der Waals surface area (Å²) in [6, 6.07) is 17.4. The summed E-state index contributed by atoms with van der Waals surface area (Å²) in [4.78, 5) is 18.7. The molecule has 0 saturated carbocycles. The summed E-state index contributed by atoms with van der Waals surface area (Å²) in [5.41, 5.74) is 3.27. The second-order valence-electron chi connectivity index (χ2n) is 6.08. The molecule has 0 aliphatic heterocycles.